The number of methoxy groups -OCH3 is 1. The van der Waals surface area contributed by atoms with E-state index in [9.17, 15) is 18.0 Å². The number of H-pyrrole nitrogens is 1. The van der Waals surface area contributed by atoms with Gasteiger partial charge in [-0.1, -0.05) is 12.1 Å². The number of aromatic nitrogens is 2. The van der Waals surface area contributed by atoms with Gasteiger partial charge in [-0.3, -0.25) is 9.78 Å². The van der Waals surface area contributed by atoms with E-state index in [1.807, 2.05) is 0 Å². The zero-order valence-electron chi connectivity index (χ0n) is 16.7. The van der Waals surface area contributed by atoms with Crippen LogP contribution < -0.4 is 20.5 Å². The van der Waals surface area contributed by atoms with Gasteiger partial charge in [0.05, 0.1) is 18.9 Å². The molecule has 162 valence electrons. The Morgan fingerprint density at radius 3 is 2.68 bits per heavy atom. The predicted octanol–water partition coefficient (Wildman–Crippen LogP) is 4.13. The summed E-state index contributed by atoms with van der Waals surface area (Å²) in [6.45, 7) is 1.63. The predicted molar refractivity (Wildman–Crippen MR) is 110 cm³/mol. The topological polar surface area (TPSA) is 88.6 Å². The highest BCUT2D eigenvalue weighted by Gasteiger charge is 2.30. The van der Waals surface area contributed by atoms with E-state index >= 15 is 0 Å². The number of aryl methyl sites for hydroxylation is 1. The van der Waals surface area contributed by atoms with Crippen molar-refractivity contribution in [3.05, 3.63) is 81.3 Å². The zero-order valence-corrected chi connectivity index (χ0v) is 16.7. The van der Waals surface area contributed by atoms with Crippen LogP contribution in [0.5, 0.6) is 11.5 Å². The number of alkyl halides is 3. The first-order valence-electron chi connectivity index (χ1n) is 9.08. The van der Waals surface area contributed by atoms with Gasteiger partial charge in [-0.05, 0) is 48.4 Å². The van der Waals surface area contributed by atoms with Gasteiger partial charge < -0.3 is 9.47 Å². The highest BCUT2D eigenvalue weighted by molar-refractivity contribution is 5.81. The number of nitrogens with zero attached hydrogens (tertiary/aromatic N) is 2. The minimum Gasteiger partial charge on any atom is -0.493 e. The molecule has 0 bridgehead atoms. The van der Waals surface area contributed by atoms with Crippen LogP contribution in [-0.2, 0) is 12.8 Å². The van der Waals surface area contributed by atoms with Gasteiger partial charge >= 0.3 is 6.18 Å². The van der Waals surface area contributed by atoms with Gasteiger partial charge in [0.25, 0.3) is 5.56 Å². The first-order chi connectivity index (χ1) is 14.7. The maximum atomic E-state index is 12.8. The van der Waals surface area contributed by atoms with Crippen molar-refractivity contribution in [2.24, 2.45) is 5.10 Å². The smallest absolute Gasteiger partial charge is 0.416 e. The van der Waals surface area contributed by atoms with E-state index in [0.717, 1.165) is 12.1 Å². The van der Waals surface area contributed by atoms with E-state index in [4.69, 9.17) is 9.47 Å². The second-order valence-corrected chi connectivity index (χ2v) is 6.50. The number of rotatable bonds is 7. The van der Waals surface area contributed by atoms with Crippen molar-refractivity contribution in [2.45, 2.75) is 19.7 Å². The molecular weight excluding hydrogens is 413 g/mol. The fourth-order valence-electron chi connectivity index (χ4n) is 2.68. The molecule has 3 rings (SSSR count). The lowest BCUT2D eigenvalue weighted by Gasteiger charge is -2.12. The normalized spacial score (nSPS) is 11.5. The molecular formula is C21H19F3N4O3. The second kappa shape index (κ2) is 9.33. The third kappa shape index (κ3) is 6.08. The summed E-state index contributed by atoms with van der Waals surface area (Å²) in [4.78, 5) is 18.0. The highest BCUT2D eigenvalue weighted by atomic mass is 19.4. The molecule has 31 heavy (non-hydrogen) atoms. The average molecular weight is 432 g/mol. The Bertz CT molecular complexity index is 1140. The van der Waals surface area contributed by atoms with Crippen LogP contribution in [0.25, 0.3) is 0 Å². The van der Waals surface area contributed by atoms with Crippen LogP contribution >= 0.6 is 0 Å². The molecule has 0 aliphatic carbocycles. The van der Waals surface area contributed by atoms with Crippen molar-refractivity contribution in [3.63, 3.8) is 0 Å². The molecule has 0 aliphatic heterocycles. The molecule has 1 heterocycles. The van der Waals surface area contributed by atoms with Crippen molar-refractivity contribution in [2.75, 3.05) is 12.5 Å². The number of anilines is 1. The number of hydrogen-bond acceptors (Lipinski definition) is 6. The van der Waals surface area contributed by atoms with Gasteiger partial charge in [0.1, 0.15) is 6.61 Å². The Labute approximate surface area is 175 Å². The SMILES string of the molecule is COc1cc(/C=N\Nc2nc(C)cc(=O)[nH]2)ccc1OCc1cccc(C(F)(F)F)c1. The molecule has 0 atom stereocenters. The van der Waals surface area contributed by atoms with Crippen molar-refractivity contribution in [1.29, 1.82) is 0 Å². The molecule has 0 unspecified atom stereocenters. The van der Waals surface area contributed by atoms with Gasteiger partial charge in [-0.2, -0.15) is 18.3 Å². The molecule has 2 N–H and O–H groups in total. The summed E-state index contributed by atoms with van der Waals surface area (Å²) in [6, 6.07) is 11.3. The quantitative estimate of drug-likeness (QED) is 0.433. The van der Waals surface area contributed by atoms with Gasteiger partial charge in [0, 0.05) is 11.8 Å². The van der Waals surface area contributed by atoms with Crippen LogP contribution in [0.1, 0.15) is 22.4 Å². The monoisotopic (exact) mass is 432 g/mol. The number of aromatic amines is 1. The Kier molecular flexibility index (Phi) is 6.58. The molecule has 0 spiro atoms. The van der Waals surface area contributed by atoms with E-state index in [2.05, 4.69) is 20.5 Å². The maximum Gasteiger partial charge on any atom is 0.416 e. The molecule has 0 fully saturated rings. The summed E-state index contributed by atoms with van der Waals surface area (Å²) >= 11 is 0. The lowest BCUT2D eigenvalue weighted by molar-refractivity contribution is -0.137. The van der Waals surface area contributed by atoms with Crippen LogP contribution in [0, 0.1) is 6.92 Å². The third-order valence-corrected chi connectivity index (χ3v) is 4.09. The highest BCUT2D eigenvalue weighted by Crippen LogP contribution is 2.31. The van der Waals surface area contributed by atoms with Crippen molar-refractivity contribution < 1.29 is 22.6 Å². The largest absolute Gasteiger partial charge is 0.493 e. The van der Waals surface area contributed by atoms with E-state index < -0.39 is 11.7 Å². The van der Waals surface area contributed by atoms with Crippen molar-refractivity contribution in [3.8, 4) is 11.5 Å². The average Bonchev–Trinajstić information content (AvgIpc) is 2.71. The molecule has 0 radical (unpaired) electrons. The van der Waals surface area contributed by atoms with Gasteiger partial charge in [0.15, 0.2) is 11.5 Å². The fourth-order valence-corrected chi connectivity index (χ4v) is 2.68. The summed E-state index contributed by atoms with van der Waals surface area (Å²) in [5.41, 5.74) is 3.19. The van der Waals surface area contributed by atoms with Crippen LogP contribution in [0.3, 0.4) is 0 Å². The molecule has 1 aromatic heterocycles. The Balaban J connectivity index is 1.68. The number of hydrogen-bond donors (Lipinski definition) is 2. The Morgan fingerprint density at radius 2 is 1.97 bits per heavy atom. The number of halogens is 3. The van der Waals surface area contributed by atoms with Crippen molar-refractivity contribution in [1.82, 2.24) is 9.97 Å². The van der Waals surface area contributed by atoms with Crippen LogP contribution in [0.2, 0.25) is 0 Å². The standard InChI is InChI=1S/C21H19F3N4O3/c1-13-8-19(29)27-20(26-13)28-25-11-14-6-7-17(18(10-14)30-2)31-12-15-4-3-5-16(9-15)21(22,23)24/h3-11H,12H2,1-2H3,(H2,26,27,28,29)/b25-11-. The minimum atomic E-state index is -4.41. The van der Waals surface area contributed by atoms with E-state index in [0.29, 0.717) is 28.3 Å². The number of benzene rings is 2. The summed E-state index contributed by atoms with van der Waals surface area (Å²) in [7, 11) is 1.45. The summed E-state index contributed by atoms with van der Waals surface area (Å²) < 4.78 is 49.5. The van der Waals surface area contributed by atoms with E-state index in [1.54, 1.807) is 31.2 Å². The Morgan fingerprint density at radius 1 is 1.16 bits per heavy atom. The second-order valence-electron chi connectivity index (χ2n) is 6.50. The molecule has 0 saturated heterocycles. The molecule has 0 aliphatic rings. The van der Waals surface area contributed by atoms with Crippen molar-refractivity contribution >= 4 is 12.2 Å². The van der Waals surface area contributed by atoms with Gasteiger partial charge in [-0.15, -0.1) is 0 Å². The minimum absolute atomic E-state index is 0.0539. The molecule has 3 aromatic rings. The van der Waals surface area contributed by atoms with Crippen LogP contribution in [0.15, 0.2) is 58.4 Å². The fraction of sp³-hybridized carbons (Fsp3) is 0.190. The maximum absolute atomic E-state index is 12.8. The number of nitrogens with one attached hydrogen (secondary N) is 2. The summed E-state index contributed by atoms with van der Waals surface area (Å²) in [6.07, 6.45) is -2.93. The van der Waals surface area contributed by atoms with Crippen LogP contribution in [0.4, 0.5) is 19.1 Å². The lowest BCUT2D eigenvalue weighted by Crippen LogP contribution is -2.10. The van der Waals surface area contributed by atoms with Gasteiger partial charge in [-0.25, -0.2) is 10.4 Å². The number of ether oxygens (including phenoxy) is 2. The third-order valence-electron chi connectivity index (χ3n) is 4.09. The molecule has 2 aromatic carbocycles. The molecule has 10 heteroatoms. The lowest BCUT2D eigenvalue weighted by atomic mass is 10.1. The first kappa shape index (κ1) is 21.9. The van der Waals surface area contributed by atoms with E-state index in [-0.39, 0.29) is 18.1 Å². The summed E-state index contributed by atoms with van der Waals surface area (Å²) in [5.74, 6) is 0.960. The molecule has 0 saturated carbocycles. The zero-order chi connectivity index (χ0) is 22.4. The molecule has 0 amide bonds. The van der Waals surface area contributed by atoms with Crippen LogP contribution in [-0.4, -0.2) is 23.3 Å². The summed E-state index contributed by atoms with van der Waals surface area (Å²) in [5, 5.41) is 4.01. The Hall–Kier alpha value is -3.82. The molecule has 7 nitrogen and oxygen atoms in total. The van der Waals surface area contributed by atoms with E-state index in [1.165, 1.54) is 25.5 Å². The van der Waals surface area contributed by atoms with Gasteiger partial charge in [0.2, 0.25) is 5.95 Å². The first-order valence-corrected chi connectivity index (χ1v) is 9.08. The number of hydrazone groups is 1.